The summed E-state index contributed by atoms with van der Waals surface area (Å²) in [7, 11) is 0. The zero-order valence-electron chi connectivity index (χ0n) is 14.3. The molecule has 0 aliphatic heterocycles. The van der Waals surface area contributed by atoms with E-state index in [0.717, 1.165) is 21.1 Å². The van der Waals surface area contributed by atoms with E-state index in [1.165, 1.54) is 4.90 Å². The quantitative estimate of drug-likeness (QED) is 0.448. The van der Waals surface area contributed by atoms with Gasteiger partial charge in [0.15, 0.2) is 5.82 Å². The molecule has 0 amide bonds. The van der Waals surface area contributed by atoms with Crippen LogP contribution >= 0.6 is 23.1 Å². The second-order valence-electron chi connectivity index (χ2n) is 6.44. The Morgan fingerprint density at radius 3 is 2.71 bits per heavy atom. The predicted octanol–water partition coefficient (Wildman–Crippen LogP) is 5.49. The summed E-state index contributed by atoms with van der Waals surface area (Å²) in [5.41, 5.74) is 1.06. The zero-order chi connectivity index (χ0) is 17.2. The highest BCUT2D eigenvalue weighted by Gasteiger charge is 2.18. The molecule has 2 aromatic heterocycles. The van der Waals surface area contributed by atoms with Crippen LogP contribution in [0.3, 0.4) is 0 Å². The molecule has 0 bridgehead atoms. The van der Waals surface area contributed by atoms with Gasteiger partial charge in [0.1, 0.15) is 0 Å². The molecule has 0 unspecified atom stereocenters. The summed E-state index contributed by atoms with van der Waals surface area (Å²) in [5.74, 6) is 7.54. The van der Waals surface area contributed by atoms with Crippen LogP contribution in [0.15, 0.2) is 53.7 Å². The van der Waals surface area contributed by atoms with Crippen LogP contribution in [-0.4, -0.2) is 15.8 Å². The van der Waals surface area contributed by atoms with Gasteiger partial charge in [0.2, 0.25) is 0 Å². The van der Waals surface area contributed by atoms with E-state index in [0.29, 0.717) is 0 Å². The highest BCUT2D eigenvalue weighted by Crippen LogP contribution is 2.30. The minimum atomic E-state index is 0.0138. The third-order valence-corrected chi connectivity index (χ3v) is 5.31. The third kappa shape index (κ3) is 3.75. The van der Waals surface area contributed by atoms with Crippen LogP contribution in [0.5, 0.6) is 0 Å². The van der Waals surface area contributed by atoms with Crippen molar-refractivity contribution in [1.29, 1.82) is 0 Å². The first kappa shape index (κ1) is 16.9. The van der Waals surface area contributed by atoms with Gasteiger partial charge in [-0.15, -0.1) is 23.1 Å². The number of benzene rings is 1. The van der Waals surface area contributed by atoms with Crippen LogP contribution in [0.25, 0.3) is 10.7 Å². The number of rotatable bonds is 2. The van der Waals surface area contributed by atoms with Gasteiger partial charge in [0.25, 0.3) is 0 Å². The Balaban J connectivity index is 1.87. The van der Waals surface area contributed by atoms with E-state index in [4.69, 9.17) is 0 Å². The van der Waals surface area contributed by atoms with Crippen molar-refractivity contribution in [2.45, 2.75) is 31.2 Å². The van der Waals surface area contributed by atoms with E-state index in [9.17, 15) is 0 Å². The monoisotopic (exact) mass is 352 g/mol. The smallest absolute Gasteiger partial charge is 0.150 e. The standard InChI is InChI=1S/C20H20N2S2/c1-20(2,3)22-13-12-21-19(22)18-11-10-16(24-18)9-8-15-6-5-7-17(14-15)23-4/h5-7,10-14H,1-4H3. The van der Waals surface area contributed by atoms with Crippen LogP contribution in [0.1, 0.15) is 31.2 Å². The van der Waals surface area contributed by atoms with Gasteiger partial charge in [-0.05, 0) is 57.4 Å². The molecule has 0 spiro atoms. The molecule has 4 heteroatoms. The molecule has 2 nitrogen and oxygen atoms in total. The molecule has 1 aromatic carbocycles. The first-order chi connectivity index (χ1) is 11.5. The number of imidazole rings is 1. The van der Waals surface area contributed by atoms with E-state index >= 15 is 0 Å². The van der Waals surface area contributed by atoms with Gasteiger partial charge >= 0.3 is 0 Å². The fraction of sp³-hybridized carbons (Fsp3) is 0.250. The molecule has 3 aromatic rings. The molecular weight excluding hydrogens is 332 g/mol. The molecule has 0 saturated carbocycles. The molecule has 2 heterocycles. The number of hydrogen-bond donors (Lipinski definition) is 0. The largest absolute Gasteiger partial charge is 0.325 e. The molecule has 0 aliphatic carbocycles. The molecular formula is C20H20N2S2. The molecule has 0 radical (unpaired) electrons. The number of nitrogens with zero attached hydrogens (tertiary/aromatic N) is 2. The second kappa shape index (κ2) is 6.88. The van der Waals surface area contributed by atoms with Crippen molar-refractivity contribution in [2.75, 3.05) is 6.26 Å². The van der Waals surface area contributed by atoms with Crippen molar-refractivity contribution in [1.82, 2.24) is 9.55 Å². The molecule has 0 aliphatic rings. The highest BCUT2D eigenvalue weighted by atomic mass is 32.2. The van der Waals surface area contributed by atoms with Crippen LogP contribution < -0.4 is 0 Å². The van der Waals surface area contributed by atoms with Gasteiger partial charge in [-0.25, -0.2) is 4.98 Å². The van der Waals surface area contributed by atoms with Crippen molar-refractivity contribution in [3.63, 3.8) is 0 Å². The third-order valence-electron chi connectivity index (χ3n) is 3.59. The first-order valence-electron chi connectivity index (χ1n) is 7.77. The van der Waals surface area contributed by atoms with E-state index < -0.39 is 0 Å². The SMILES string of the molecule is CSc1cccc(C#Cc2ccc(-c3nccn3C(C)(C)C)s2)c1. The minimum Gasteiger partial charge on any atom is -0.325 e. The highest BCUT2D eigenvalue weighted by molar-refractivity contribution is 7.98. The van der Waals surface area contributed by atoms with Crippen molar-refractivity contribution in [3.05, 3.63) is 59.2 Å². The van der Waals surface area contributed by atoms with E-state index in [1.807, 2.05) is 18.5 Å². The summed E-state index contributed by atoms with van der Waals surface area (Å²) in [6.45, 7) is 6.56. The van der Waals surface area contributed by atoms with Crippen LogP contribution in [0, 0.1) is 11.8 Å². The van der Waals surface area contributed by atoms with Gasteiger partial charge in [0.05, 0.1) is 9.75 Å². The molecule has 0 fully saturated rings. The number of thiophene rings is 1. The van der Waals surface area contributed by atoms with Gasteiger partial charge in [-0.2, -0.15) is 0 Å². The lowest BCUT2D eigenvalue weighted by Gasteiger charge is -2.22. The van der Waals surface area contributed by atoms with Crippen LogP contribution in [-0.2, 0) is 5.54 Å². The van der Waals surface area contributed by atoms with Gasteiger partial charge in [-0.3, -0.25) is 0 Å². The summed E-state index contributed by atoms with van der Waals surface area (Å²) in [6, 6.07) is 12.5. The summed E-state index contributed by atoms with van der Waals surface area (Å²) in [5, 5.41) is 0. The summed E-state index contributed by atoms with van der Waals surface area (Å²) in [6.07, 6.45) is 5.98. The fourth-order valence-electron chi connectivity index (χ4n) is 2.39. The topological polar surface area (TPSA) is 17.8 Å². The van der Waals surface area contributed by atoms with Crippen molar-refractivity contribution in [3.8, 4) is 22.5 Å². The van der Waals surface area contributed by atoms with Gasteiger partial charge < -0.3 is 4.57 Å². The maximum Gasteiger partial charge on any atom is 0.150 e. The lowest BCUT2D eigenvalue weighted by Crippen LogP contribution is -2.21. The van der Waals surface area contributed by atoms with E-state index in [2.05, 4.69) is 78.8 Å². The lowest BCUT2D eigenvalue weighted by molar-refractivity contribution is 0.401. The lowest BCUT2D eigenvalue weighted by atomic mass is 10.1. The Morgan fingerprint density at radius 2 is 1.96 bits per heavy atom. The maximum atomic E-state index is 4.53. The Bertz CT molecular complexity index is 901. The zero-order valence-corrected chi connectivity index (χ0v) is 16.0. The first-order valence-corrected chi connectivity index (χ1v) is 9.81. The number of hydrogen-bond acceptors (Lipinski definition) is 3. The van der Waals surface area contributed by atoms with Crippen molar-refractivity contribution >= 4 is 23.1 Å². The fourth-order valence-corrected chi connectivity index (χ4v) is 3.70. The number of aromatic nitrogens is 2. The molecule has 0 saturated heterocycles. The average Bonchev–Trinajstić information content (AvgIpc) is 3.21. The Hall–Kier alpha value is -1.96. The van der Waals surface area contributed by atoms with Crippen LogP contribution in [0.4, 0.5) is 0 Å². The van der Waals surface area contributed by atoms with Gasteiger partial charge in [0, 0.05) is 28.4 Å². The predicted molar refractivity (Wildman–Crippen MR) is 105 cm³/mol. The average molecular weight is 353 g/mol. The Morgan fingerprint density at radius 1 is 1.12 bits per heavy atom. The molecule has 24 heavy (non-hydrogen) atoms. The Kier molecular flexibility index (Phi) is 4.84. The number of thioether (sulfide) groups is 1. The molecule has 0 N–H and O–H groups in total. The minimum absolute atomic E-state index is 0.0138. The summed E-state index contributed by atoms with van der Waals surface area (Å²) >= 11 is 3.42. The van der Waals surface area contributed by atoms with E-state index in [-0.39, 0.29) is 5.54 Å². The van der Waals surface area contributed by atoms with Gasteiger partial charge in [-0.1, -0.05) is 17.9 Å². The molecule has 0 atom stereocenters. The summed E-state index contributed by atoms with van der Waals surface area (Å²) < 4.78 is 2.21. The molecule has 122 valence electrons. The normalized spacial score (nSPS) is 11.2. The summed E-state index contributed by atoms with van der Waals surface area (Å²) in [4.78, 5) is 7.97. The van der Waals surface area contributed by atoms with Crippen molar-refractivity contribution in [2.24, 2.45) is 0 Å². The maximum absolute atomic E-state index is 4.53. The van der Waals surface area contributed by atoms with Crippen LogP contribution in [0.2, 0.25) is 0 Å². The molecule has 3 rings (SSSR count). The Labute approximate surface area is 152 Å². The second-order valence-corrected chi connectivity index (χ2v) is 8.40. The van der Waals surface area contributed by atoms with E-state index in [1.54, 1.807) is 23.1 Å². The van der Waals surface area contributed by atoms with Crippen molar-refractivity contribution < 1.29 is 0 Å².